The van der Waals surface area contributed by atoms with Crippen molar-refractivity contribution in [3.05, 3.63) is 0 Å². The topological polar surface area (TPSA) is 38.0 Å². The van der Waals surface area contributed by atoms with Crippen LogP contribution in [0.25, 0.3) is 0 Å². The highest BCUT2D eigenvalue weighted by Crippen LogP contribution is 2.21. The van der Waals surface area contributed by atoms with Crippen molar-refractivity contribution in [1.29, 1.82) is 0 Å². The number of halogens is 4. The molecule has 0 heterocycles. The third-order valence-electron chi connectivity index (χ3n) is 1.36. The standard InChI is InChI=1S/C6H12F4N2/c1-4(2-11)12-3-6(9,10)5(7)8/h4-5,12H,2-3,11H2,1H3. The molecule has 1 unspecified atom stereocenters. The molecule has 0 aliphatic carbocycles. The summed E-state index contributed by atoms with van der Waals surface area (Å²) < 4.78 is 47.5. The first-order valence-electron chi connectivity index (χ1n) is 3.49. The molecule has 0 saturated carbocycles. The maximum Gasteiger partial charge on any atom is 0.319 e. The van der Waals surface area contributed by atoms with Crippen LogP contribution in [0.4, 0.5) is 17.6 Å². The highest BCUT2D eigenvalue weighted by Gasteiger charge is 2.40. The zero-order chi connectivity index (χ0) is 9.78. The molecule has 0 saturated heterocycles. The second kappa shape index (κ2) is 4.61. The van der Waals surface area contributed by atoms with Gasteiger partial charge in [0.1, 0.15) is 0 Å². The first-order chi connectivity index (χ1) is 5.40. The molecule has 3 N–H and O–H groups in total. The van der Waals surface area contributed by atoms with Gasteiger partial charge in [0.05, 0.1) is 6.54 Å². The van der Waals surface area contributed by atoms with E-state index in [1.807, 2.05) is 0 Å². The Labute approximate surface area is 68.1 Å². The van der Waals surface area contributed by atoms with Gasteiger partial charge in [0.2, 0.25) is 0 Å². The number of nitrogens with two attached hydrogens (primary N) is 1. The van der Waals surface area contributed by atoms with Gasteiger partial charge in [-0.05, 0) is 6.92 Å². The summed E-state index contributed by atoms with van der Waals surface area (Å²) in [6.07, 6.45) is -3.63. The Morgan fingerprint density at radius 1 is 1.42 bits per heavy atom. The lowest BCUT2D eigenvalue weighted by Gasteiger charge is -2.18. The minimum absolute atomic E-state index is 0.138. The van der Waals surface area contributed by atoms with Crippen LogP contribution in [0.2, 0.25) is 0 Å². The molecule has 12 heavy (non-hydrogen) atoms. The molecule has 0 radical (unpaired) electrons. The van der Waals surface area contributed by atoms with Crippen molar-refractivity contribution in [2.24, 2.45) is 5.73 Å². The van der Waals surface area contributed by atoms with Gasteiger partial charge in [-0.3, -0.25) is 0 Å². The quantitative estimate of drug-likeness (QED) is 0.627. The molecule has 0 aliphatic heterocycles. The van der Waals surface area contributed by atoms with Crippen molar-refractivity contribution < 1.29 is 17.6 Å². The molecule has 0 aromatic heterocycles. The van der Waals surface area contributed by atoms with Crippen molar-refractivity contribution in [2.45, 2.75) is 25.3 Å². The average Bonchev–Trinajstić information content (AvgIpc) is 2.00. The molecule has 2 nitrogen and oxygen atoms in total. The molecule has 0 aromatic carbocycles. The molecule has 0 rings (SSSR count). The minimum Gasteiger partial charge on any atom is -0.329 e. The molecular weight excluding hydrogens is 176 g/mol. The summed E-state index contributed by atoms with van der Waals surface area (Å²) in [4.78, 5) is 0. The second-order valence-corrected chi connectivity index (χ2v) is 2.58. The van der Waals surface area contributed by atoms with E-state index >= 15 is 0 Å². The SMILES string of the molecule is CC(CN)NCC(F)(F)C(F)F. The predicted molar refractivity (Wildman–Crippen MR) is 37.5 cm³/mol. The Kier molecular flexibility index (Phi) is 4.47. The van der Waals surface area contributed by atoms with Gasteiger partial charge in [-0.25, -0.2) is 8.78 Å². The van der Waals surface area contributed by atoms with Crippen molar-refractivity contribution in [3.8, 4) is 0 Å². The van der Waals surface area contributed by atoms with Crippen LogP contribution in [0, 0.1) is 0 Å². The number of nitrogens with one attached hydrogen (secondary N) is 1. The Hall–Kier alpha value is -0.360. The molecule has 6 heteroatoms. The van der Waals surface area contributed by atoms with Crippen LogP contribution in [0.1, 0.15) is 6.92 Å². The lowest BCUT2D eigenvalue weighted by atomic mass is 10.3. The molecule has 1 atom stereocenters. The molecule has 0 aromatic rings. The maximum absolute atomic E-state index is 12.2. The normalized spacial score (nSPS) is 15.2. The Bertz CT molecular complexity index is 129. The summed E-state index contributed by atoms with van der Waals surface area (Å²) in [6, 6.07) is -0.380. The van der Waals surface area contributed by atoms with Crippen molar-refractivity contribution >= 4 is 0 Å². The van der Waals surface area contributed by atoms with E-state index in [9.17, 15) is 17.6 Å². The zero-order valence-electron chi connectivity index (χ0n) is 6.66. The van der Waals surface area contributed by atoms with E-state index in [-0.39, 0.29) is 12.6 Å². The van der Waals surface area contributed by atoms with Gasteiger partial charge in [0, 0.05) is 12.6 Å². The highest BCUT2D eigenvalue weighted by molar-refractivity contribution is 4.74. The lowest BCUT2D eigenvalue weighted by Crippen LogP contribution is -2.44. The van der Waals surface area contributed by atoms with Crippen LogP contribution in [0.3, 0.4) is 0 Å². The molecule has 0 fully saturated rings. The van der Waals surface area contributed by atoms with Gasteiger partial charge in [0.15, 0.2) is 0 Å². The minimum atomic E-state index is -3.97. The summed E-state index contributed by atoms with van der Waals surface area (Å²) in [5.41, 5.74) is 5.08. The largest absolute Gasteiger partial charge is 0.329 e. The number of alkyl halides is 4. The molecule has 0 spiro atoms. The number of rotatable bonds is 5. The van der Waals surface area contributed by atoms with E-state index in [1.54, 1.807) is 6.92 Å². The van der Waals surface area contributed by atoms with E-state index in [4.69, 9.17) is 5.73 Å². The Balaban J connectivity index is 3.75. The van der Waals surface area contributed by atoms with Crippen LogP contribution in [0.15, 0.2) is 0 Å². The number of hydrogen-bond donors (Lipinski definition) is 2. The van der Waals surface area contributed by atoms with E-state index in [1.165, 1.54) is 0 Å². The fourth-order valence-electron chi connectivity index (χ4n) is 0.471. The first-order valence-corrected chi connectivity index (χ1v) is 3.49. The maximum atomic E-state index is 12.2. The van der Waals surface area contributed by atoms with Crippen LogP contribution in [-0.4, -0.2) is 31.5 Å². The summed E-state index contributed by atoms with van der Waals surface area (Å²) in [6.45, 7) is 0.643. The highest BCUT2D eigenvalue weighted by atomic mass is 19.3. The van der Waals surface area contributed by atoms with Gasteiger partial charge < -0.3 is 11.1 Å². The molecule has 0 aliphatic rings. The van der Waals surface area contributed by atoms with Crippen LogP contribution in [0.5, 0.6) is 0 Å². The zero-order valence-corrected chi connectivity index (χ0v) is 6.66. The van der Waals surface area contributed by atoms with E-state index in [0.29, 0.717) is 0 Å². The van der Waals surface area contributed by atoms with E-state index in [0.717, 1.165) is 0 Å². The summed E-state index contributed by atoms with van der Waals surface area (Å²) >= 11 is 0. The summed E-state index contributed by atoms with van der Waals surface area (Å²) in [5.74, 6) is -3.97. The van der Waals surface area contributed by atoms with Crippen molar-refractivity contribution in [2.75, 3.05) is 13.1 Å². The first kappa shape index (κ1) is 11.6. The van der Waals surface area contributed by atoms with Crippen LogP contribution < -0.4 is 11.1 Å². The van der Waals surface area contributed by atoms with Crippen LogP contribution >= 0.6 is 0 Å². The predicted octanol–water partition coefficient (Wildman–Crippen LogP) is 0.824. The second-order valence-electron chi connectivity index (χ2n) is 2.58. The van der Waals surface area contributed by atoms with Gasteiger partial charge in [0.25, 0.3) is 0 Å². The smallest absolute Gasteiger partial charge is 0.319 e. The number of hydrogen-bond acceptors (Lipinski definition) is 2. The van der Waals surface area contributed by atoms with Crippen molar-refractivity contribution in [3.63, 3.8) is 0 Å². The third kappa shape index (κ3) is 3.87. The van der Waals surface area contributed by atoms with Crippen molar-refractivity contribution in [1.82, 2.24) is 5.32 Å². The van der Waals surface area contributed by atoms with Gasteiger partial charge in [-0.1, -0.05) is 0 Å². The fraction of sp³-hybridized carbons (Fsp3) is 1.00. The fourth-order valence-corrected chi connectivity index (χ4v) is 0.471. The monoisotopic (exact) mass is 188 g/mol. The Morgan fingerprint density at radius 3 is 2.25 bits per heavy atom. The van der Waals surface area contributed by atoms with Crippen LogP contribution in [-0.2, 0) is 0 Å². The molecular formula is C6H12F4N2. The molecule has 0 bridgehead atoms. The third-order valence-corrected chi connectivity index (χ3v) is 1.36. The lowest BCUT2D eigenvalue weighted by molar-refractivity contribution is -0.126. The van der Waals surface area contributed by atoms with Gasteiger partial charge in [-0.2, -0.15) is 8.78 Å². The summed E-state index contributed by atoms with van der Waals surface area (Å²) in [7, 11) is 0. The van der Waals surface area contributed by atoms with Gasteiger partial charge >= 0.3 is 12.3 Å². The molecule has 74 valence electrons. The molecule has 0 amide bonds. The Morgan fingerprint density at radius 2 is 1.92 bits per heavy atom. The van der Waals surface area contributed by atoms with Gasteiger partial charge in [-0.15, -0.1) is 0 Å². The van der Waals surface area contributed by atoms with E-state index in [2.05, 4.69) is 5.32 Å². The average molecular weight is 188 g/mol. The van der Waals surface area contributed by atoms with E-state index < -0.39 is 18.9 Å². The summed E-state index contributed by atoms with van der Waals surface area (Å²) in [5, 5.41) is 2.20.